The fraction of sp³-hybridized carbons (Fsp3) is 0.471. The van der Waals surface area contributed by atoms with Gasteiger partial charge in [-0.25, -0.2) is 9.36 Å². The molecular weight excluding hydrogens is 342 g/mol. The summed E-state index contributed by atoms with van der Waals surface area (Å²) in [7, 11) is 1.96. The van der Waals surface area contributed by atoms with Crippen LogP contribution in [0.5, 0.6) is 0 Å². The van der Waals surface area contributed by atoms with Gasteiger partial charge in [-0.2, -0.15) is 4.40 Å². The summed E-state index contributed by atoms with van der Waals surface area (Å²) in [5.41, 5.74) is 1.84. The molecule has 0 aliphatic carbocycles. The number of nitrogens with zero attached hydrogens (tertiary/aromatic N) is 3. The van der Waals surface area contributed by atoms with Gasteiger partial charge in [-0.15, -0.1) is 0 Å². The number of aryl methyl sites for hydroxylation is 2. The highest BCUT2D eigenvalue weighted by Crippen LogP contribution is 2.51. The standard InChI is InChI=1S/C17H19N3O4S/c1-7-11(10-5-19-6-18(4)8(2)16(19)25-10)14(17(23)24)20-13(7)12(9(3)21)15(20)22/h5-7,9,12-13,21H,1-4H3/p+1/t7-,9+,12+,13+/m0/s1. The number of hydrogen-bond donors (Lipinski definition) is 2. The van der Waals surface area contributed by atoms with Crippen LogP contribution in [0.4, 0.5) is 0 Å². The number of hydrogen-bond acceptors (Lipinski definition) is 4. The van der Waals surface area contributed by atoms with Crippen molar-refractivity contribution in [3.8, 4) is 0 Å². The molecular formula is C17H20N3O4S+. The molecule has 0 spiro atoms. The van der Waals surface area contributed by atoms with Crippen molar-refractivity contribution in [2.45, 2.75) is 32.9 Å². The summed E-state index contributed by atoms with van der Waals surface area (Å²) in [5, 5.41) is 19.7. The summed E-state index contributed by atoms with van der Waals surface area (Å²) >= 11 is 1.53. The van der Waals surface area contributed by atoms with Crippen LogP contribution in [0, 0.1) is 18.8 Å². The van der Waals surface area contributed by atoms with E-state index in [2.05, 4.69) is 0 Å². The van der Waals surface area contributed by atoms with Crippen LogP contribution in [-0.2, 0) is 16.6 Å². The van der Waals surface area contributed by atoms with E-state index in [1.54, 1.807) is 6.92 Å². The molecule has 0 saturated carbocycles. The molecule has 4 heterocycles. The number of carbonyl (C=O) groups excluding carboxylic acids is 1. The third kappa shape index (κ3) is 1.98. The van der Waals surface area contributed by atoms with E-state index in [9.17, 15) is 19.8 Å². The summed E-state index contributed by atoms with van der Waals surface area (Å²) in [6.45, 7) is 5.54. The number of carboxylic acid groups (broad SMARTS) is 1. The van der Waals surface area contributed by atoms with Crippen LogP contribution in [0.1, 0.15) is 24.4 Å². The van der Waals surface area contributed by atoms with E-state index < -0.39 is 18.0 Å². The number of carbonyl (C=O) groups is 2. The zero-order chi connectivity index (χ0) is 18.2. The lowest BCUT2D eigenvalue weighted by atomic mass is 9.77. The number of imidazole rings is 1. The molecule has 2 aliphatic heterocycles. The molecule has 2 aromatic rings. The smallest absolute Gasteiger partial charge is 0.352 e. The van der Waals surface area contributed by atoms with Gasteiger partial charge in [0.25, 0.3) is 0 Å². The number of aliphatic hydroxyl groups excluding tert-OH is 1. The van der Waals surface area contributed by atoms with Gasteiger partial charge in [0.05, 0.1) is 30.0 Å². The summed E-state index contributed by atoms with van der Waals surface area (Å²) in [6, 6.07) is -0.285. The van der Waals surface area contributed by atoms with Crippen molar-refractivity contribution < 1.29 is 24.2 Å². The summed E-state index contributed by atoms with van der Waals surface area (Å²) in [4.78, 5) is 27.6. The second-order valence-corrected chi connectivity index (χ2v) is 7.97. The number of aliphatic hydroxyl groups is 1. The maximum absolute atomic E-state index is 12.4. The Morgan fingerprint density at radius 2 is 2.12 bits per heavy atom. The highest BCUT2D eigenvalue weighted by molar-refractivity contribution is 7.18. The van der Waals surface area contributed by atoms with Crippen molar-refractivity contribution in [1.29, 1.82) is 0 Å². The molecule has 0 bridgehead atoms. The lowest BCUT2D eigenvalue weighted by Gasteiger charge is -2.46. The van der Waals surface area contributed by atoms with E-state index in [1.807, 2.05) is 42.4 Å². The van der Waals surface area contributed by atoms with Gasteiger partial charge in [-0.05, 0) is 6.92 Å². The first-order chi connectivity index (χ1) is 11.7. The second-order valence-electron chi connectivity index (χ2n) is 6.94. The number of carboxylic acids is 1. The predicted molar refractivity (Wildman–Crippen MR) is 90.7 cm³/mol. The van der Waals surface area contributed by atoms with E-state index in [1.165, 1.54) is 16.2 Å². The van der Waals surface area contributed by atoms with Gasteiger partial charge in [-0.1, -0.05) is 18.3 Å². The van der Waals surface area contributed by atoms with E-state index in [0.29, 0.717) is 5.57 Å². The van der Waals surface area contributed by atoms with E-state index in [0.717, 1.165) is 15.4 Å². The summed E-state index contributed by atoms with van der Waals surface area (Å²) in [6.07, 6.45) is 3.09. The highest BCUT2D eigenvalue weighted by atomic mass is 32.1. The molecule has 1 amide bonds. The zero-order valence-corrected chi connectivity index (χ0v) is 15.2. The average Bonchev–Trinajstić information content (AvgIpc) is 3.10. The lowest BCUT2D eigenvalue weighted by Crippen LogP contribution is -2.63. The first-order valence-electron chi connectivity index (χ1n) is 8.19. The highest BCUT2D eigenvalue weighted by Gasteiger charge is 2.60. The number of fused-ring (bicyclic) bond motifs is 2. The topological polar surface area (TPSA) is 86.9 Å². The van der Waals surface area contributed by atoms with Crippen LogP contribution < -0.4 is 4.40 Å². The predicted octanol–water partition coefficient (Wildman–Crippen LogP) is 0.787. The monoisotopic (exact) mass is 362 g/mol. The van der Waals surface area contributed by atoms with Gasteiger partial charge >= 0.3 is 5.97 Å². The van der Waals surface area contributed by atoms with Gasteiger partial charge in [0.2, 0.25) is 17.1 Å². The molecule has 2 aliphatic rings. The Morgan fingerprint density at radius 3 is 2.68 bits per heavy atom. The third-order valence-corrected chi connectivity index (χ3v) is 6.72. The van der Waals surface area contributed by atoms with Crippen LogP contribution in [0.25, 0.3) is 10.4 Å². The molecule has 132 valence electrons. The van der Waals surface area contributed by atoms with E-state index in [-0.39, 0.29) is 23.6 Å². The molecule has 25 heavy (non-hydrogen) atoms. The van der Waals surface area contributed by atoms with Gasteiger partial charge in [-0.3, -0.25) is 4.79 Å². The van der Waals surface area contributed by atoms with Crippen LogP contribution >= 0.6 is 11.3 Å². The normalized spacial score (nSPS) is 27.0. The minimum absolute atomic E-state index is 0.0610. The molecule has 0 unspecified atom stereocenters. The molecule has 4 atom stereocenters. The first-order valence-corrected chi connectivity index (χ1v) is 9.01. The van der Waals surface area contributed by atoms with Crippen LogP contribution in [0.2, 0.25) is 0 Å². The minimum Gasteiger partial charge on any atom is -0.477 e. The number of amides is 1. The summed E-state index contributed by atoms with van der Waals surface area (Å²) in [5.74, 6) is -2.07. The van der Waals surface area contributed by atoms with Crippen molar-refractivity contribution in [2.75, 3.05) is 0 Å². The van der Waals surface area contributed by atoms with Gasteiger partial charge in [0.15, 0.2) is 5.69 Å². The number of β-lactam (4-membered cyclic amide) rings is 1. The molecule has 8 heteroatoms. The number of aromatic nitrogens is 2. The maximum Gasteiger partial charge on any atom is 0.352 e. The Morgan fingerprint density at radius 1 is 1.44 bits per heavy atom. The maximum atomic E-state index is 12.4. The minimum atomic E-state index is -1.10. The van der Waals surface area contributed by atoms with Crippen molar-refractivity contribution in [3.63, 3.8) is 0 Å². The molecule has 2 aromatic heterocycles. The summed E-state index contributed by atoms with van der Waals surface area (Å²) < 4.78 is 4.00. The second kappa shape index (κ2) is 5.15. The van der Waals surface area contributed by atoms with Gasteiger partial charge < -0.3 is 15.1 Å². The molecule has 0 aromatic carbocycles. The van der Waals surface area contributed by atoms with Crippen LogP contribution in [0.3, 0.4) is 0 Å². The Labute approximate surface area is 148 Å². The largest absolute Gasteiger partial charge is 0.477 e. The van der Waals surface area contributed by atoms with Crippen molar-refractivity contribution in [2.24, 2.45) is 18.9 Å². The SMILES string of the molecule is Cc1c2sc(C3=C(C(=O)O)N4C(=O)[C@H]([C@@H](C)O)[C@H]4[C@H]3C)c[n+]2cn1C. The Balaban J connectivity index is 1.86. The fourth-order valence-corrected chi connectivity index (χ4v) is 5.42. The molecule has 1 saturated heterocycles. The first kappa shape index (κ1) is 16.3. The fourth-order valence-electron chi connectivity index (χ4n) is 4.16. The number of rotatable bonds is 3. The Bertz CT molecular complexity index is 955. The number of thiazole rings is 1. The number of aliphatic carboxylic acids is 1. The molecule has 2 N–H and O–H groups in total. The van der Waals surface area contributed by atoms with Gasteiger partial charge in [0.1, 0.15) is 11.9 Å². The van der Waals surface area contributed by atoms with Crippen molar-refractivity contribution in [1.82, 2.24) is 9.47 Å². The molecule has 1 fully saturated rings. The molecule has 0 radical (unpaired) electrons. The zero-order valence-electron chi connectivity index (χ0n) is 14.4. The van der Waals surface area contributed by atoms with Crippen LogP contribution in [-0.4, -0.2) is 43.7 Å². The Kier molecular flexibility index (Phi) is 3.36. The third-order valence-electron chi connectivity index (χ3n) is 5.47. The van der Waals surface area contributed by atoms with E-state index in [4.69, 9.17) is 0 Å². The lowest BCUT2D eigenvalue weighted by molar-refractivity contribution is -0.508. The average molecular weight is 362 g/mol. The van der Waals surface area contributed by atoms with Crippen LogP contribution in [0.15, 0.2) is 18.2 Å². The van der Waals surface area contributed by atoms with E-state index >= 15 is 0 Å². The molecule has 4 rings (SSSR count). The van der Waals surface area contributed by atoms with Crippen molar-refractivity contribution >= 4 is 33.6 Å². The van der Waals surface area contributed by atoms with Gasteiger partial charge in [0, 0.05) is 18.4 Å². The quantitative estimate of drug-likeness (QED) is 0.624. The van der Waals surface area contributed by atoms with Crippen molar-refractivity contribution in [3.05, 3.63) is 28.8 Å². The Hall–Kier alpha value is -2.19. The molecule has 7 nitrogen and oxygen atoms in total.